The third-order valence-electron chi connectivity index (χ3n) is 6.49. The fourth-order valence-corrected chi connectivity index (χ4v) is 4.55. The lowest BCUT2D eigenvalue weighted by atomic mass is 9.81. The predicted octanol–water partition coefficient (Wildman–Crippen LogP) is 2.14. The minimum atomic E-state index is -4.16. The molecule has 1 aliphatic carbocycles. The molecule has 0 aromatic carbocycles. The molecule has 1 aromatic heterocycles. The Morgan fingerprint density at radius 3 is 2.56 bits per heavy atom. The van der Waals surface area contributed by atoms with Crippen LogP contribution in [0.3, 0.4) is 0 Å². The highest BCUT2D eigenvalue weighted by Crippen LogP contribution is 2.40. The number of primary amides is 1. The largest absolute Gasteiger partial charge is 0.396 e. The van der Waals surface area contributed by atoms with Gasteiger partial charge >= 0.3 is 6.18 Å². The summed E-state index contributed by atoms with van der Waals surface area (Å²) in [4.78, 5) is 22.6. The standard InChI is InChI=1S/C23H38F4N6O3/c1-2-33(12-16-4-6-17(7-5-16)23(25,26)27)22-20(24)21(30-15-31-22)29-9-8-18(35)13-32(10-3-11-34)14-19(28)36/h15-18,34-35H,2-14H2,1H3,(H2,28,36)(H,29,30,31)/t16?,17?,18-/m0/s1. The van der Waals surface area contributed by atoms with Crippen molar-refractivity contribution in [1.82, 2.24) is 14.9 Å². The second-order valence-corrected chi connectivity index (χ2v) is 9.31. The average Bonchev–Trinajstić information content (AvgIpc) is 2.81. The van der Waals surface area contributed by atoms with Crippen LogP contribution in [0.1, 0.15) is 45.4 Å². The first-order valence-electron chi connectivity index (χ1n) is 12.4. The zero-order chi connectivity index (χ0) is 26.7. The van der Waals surface area contributed by atoms with Crippen LogP contribution in [0, 0.1) is 17.7 Å². The summed E-state index contributed by atoms with van der Waals surface area (Å²) in [6.45, 7) is 3.37. The number of aliphatic hydroxyl groups excluding tert-OH is 2. The number of aliphatic hydroxyl groups is 2. The van der Waals surface area contributed by atoms with Gasteiger partial charge in [0.25, 0.3) is 0 Å². The Balaban J connectivity index is 1.90. The molecule has 1 fully saturated rings. The number of hydrogen-bond acceptors (Lipinski definition) is 8. The van der Waals surface area contributed by atoms with Gasteiger partial charge in [-0.25, -0.2) is 9.97 Å². The average molecular weight is 523 g/mol. The number of carbonyl (C=O) groups is 1. The lowest BCUT2D eigenvalue weighted by molar-refractivity contribution is -0.183. The van der Waals surface area contributed by atoms with Gasteiger partial charge < -0.3 is 26.2 Å². The van der Waals surface area contributed by atoms with Gasteiger partial charge in [-0.15, -0.1) is 0 Å². The second kappa shape index (κ2) is 14.5. The monoisotopic (exact) mass is 522 g/mol. The molecule has 0 bridgehead atoms. The molecule has 9 nitrogen and oxygen atoms in total. The number of nitrogens with one attached hydrogen (secondary N) is 1. The molecule has 1 amide bonds. The van der Waals surface area contributed by atoms with Crippen LogP contribution in [0.25, 0.3) is 0 Å². The Labute approximate surface area is 209 Å². The fourth-order valence-electron chi connectivity index (χ4n) is 4.55. The third kappa shape index (κ3) is 9.66. The second-order valence-electron chi connectivity index (χ2n) is 9.31. The Bertz CT molecular complexity index is 809. The number of aromatic nitrogens is 2. The number of carbonyl (C=O) groups excluding carboxylic acids is 1. The smallest absolute Gasteiger partial charge is 0.391 e. The summed E-state index contributed by atoms with van der Waals surface area (Å²) in [6, 6.07) is 0. The molecule has 13 heteroatoms. The molecule has 1 saturated carbocycles. The minimum Gasteiger partial charge on any atom is -0.396 e. The van der Waals surface area contributed by atoms with Crippen molar-refractivity contribution in [2.75, 3.05) is 56.1 Å². The first-order valence-corrected chi connectivity index (χ1v) is 12.4. The number of hydrogen-bond donors (Lipinski definition) is 4. The molecule has 0 saturated heterocycles. The zero-order valence-corrected chi connectivity index (χ0v) is 20.7. The number of nitrogens with zero attached hydrogens (tertiary/aromatic N) is 4. The van der Waals surface area contributed by atoms with E-state index in [0.717, 1.165) is 0 Å². The number of anilines is 2. The van der Waals surface area contributed by atoms with Crippen molar-refractivity contribution in [1.29, 1.82) is 0 Å². The van der Waals surface area contributed by atoms with E-state index in [1.54, 1.807) is 9.80 Å². The molecular weight excluding hydrogens is 484 g/mol. The van der Waals surface area contributed by atoms with Crippen molar-refractivity contribution in [2.24, 2.45) is 17.6 Å². The van der Waals surface area contributed by atoms with Crippen molar-refractivity contribution >= 4 is 17.5 Å². The van der Waals surface area contributed by atoms with E-state index >= 15 is 4.39 Å². The molecule has 1 heterocycles. The highest BCUT2D eigenvalue weighted by molar-refractivity contribution is 5.75. The van der Waals surface area contributed by atoms with Gasteiger partial charge in [0, 0.05) is 39.3 Å². The molecular formula is C23H38F4N6O3. The summed E-state index contributed by atoms with van der Waals surface area (Å²) >= 11 is 0. The summed E-state index contributed by atoms with van der Waals surface area (Å²) < 4.78 is 54.0. The van der Waals surface area contributed by atoms with E-state index in [1.165, 1.54) is 6.33 Å². The van der Waals surface area contributed by atoms with Crippen LogP contribution in [0.15, 0.2) is 6.33 Å². The van der Waals surface area contributed by atoms with Gasteiger partial charge in [-0.1, -0.05) is 0 Å². The van der Waals surface area contributed by atoms with Crippen LogP contribution < -0.4 is 16.0 Å². The van der Waals surface area contributed by atoms with Crippen LogP contribution in [-0.4, -0.2) is 89.1 Å². The number of nitrogens with two attached hydrogens (primary N) is 1. The molecule has 36 heavy (non-hydrogen) atoms. The van der Waals surface area contributed by atoms with Crippen LogP contribution in [-0.2, 0) is 4.79 Å². The van der Waals surface area contributed by atoms with E-state index in [4.69, 9.17) is 10.8 Å². The number of rotatable bonds is 15. The number of alkyl halides is 3. The van der Waals surface area contributed by atoms with Gasteiger partial charge in [0.2, 0.25) is 11.7 Å². The van der Waals surface area contributed by atoms with E-state index < -0.39 is 29.9 Å². The summed E-state index contributed by atoms with van der Waals surface area (Å²) in [7, 11) is 0. The highest BCUT2D eigenvalue weighted by Gasteiger charge is 2.41. The topological polar surface area (TPSA) is 128 Å². The third-order valence-corrected chi connectivity index (χ3v) is 6.49. The fraction of sp³-hybridized carbons (Fsp3) is 0.783. The van der Waals surface area contributed by atoms with Gasteiger partial charge in [0.1, 0.15) is 6.33 Å². The zero-order valence-electron chi connectivity index (χ0n) is 20.7. The lowest BCUT2D eigenvalue weighted by Gasteiger charge is -2.33. The van der Waals surface area contributed by atoms with Crippen molar-refractivity contribution in [2.45, 2.75) is 57.7 Å². The Morgan fingerprint density at radius 1 is 1.28 bits per heavy atom. The first kappa shape index (κ1) is 30.0. The maximum Gasteiger partial charge on any atom is 0.391 e. The molecule has 1 aromatic rings. The van der Waals surface area contributed by atoms with Gasteiger partial charge in [-0.05, 0) is 51.4 Å². The molecule has 0 unspecified atom stereocenters. The van der Waals surface area contributed by atoms with Crippen molar-refractivity contribution in [3.63, 3.8) is 0 Å². The van der Waals surface area contributed by atoms with Crippen LogP contribution in [0.4, 0.5) is 29.2 Å². The first-order chi connectivity index (χ1) is 17.0. The van der Waals surface area contributed by atoms with Crippen molar-refractivity contribution in [3.05, 3.63) is 12.1 Å². The van der Waals surface area contributed by atoms with Crippen LogP contribution >= 0.6 is 0 Å². The van der Waals surface area contributed by atoms with Gasteiger partial charge in [0.15, 0.2) is 11.6 Å². The van der Waals surface area contributed by atoms with E-state index in [-0.39, 0.29) is 63.1 Å². The lowest BCUT2D eigenvalue weighted by Crippen LogP contribution is -2.40. The number of amides is 1. The van der Waals surface area contributed by atoms with E-state index in [9.17, 15) is 23.1 Å². The van der Waals surface area contributed by atoms with Crippen molar-refractivity contribution in [3.8, 4) is 0 Å². The van der Waals surface area contributed by atoms with E-state index in [2.05, 4.69) is 15.3 Å². The summed E-state index contributed by atoms with van der Waals surface area (Å²) in [5.41, 5.74) is 5.22. The quantitative estimate of drug-likeness (QED) is 0.258. The summed E-state index contributed by atoms with van der Waals surface area (Å²) in [6.07, 6.45) is -2.04. The minimum absolute atomic E-state index is 0.0265. The van der Waals surface area contributed by atoms with Gasteiger partial charge in [-0.2, -0.15) is 17.6 Å². The molecule has 1 aliphatic rings. The summed E-state index contributed by atoms with van der Waals surface area (Å²) in [5.74, 6) is -2.37. The molecule has 0 radical (unpaired) electrons. The van der Waals surface area contributed by atoms with E-state index in [1.807, 2.05) is 6.92 Å². The van der Waals surface area contributed by atoms with Crippen LogP contribution in [0.2, 0.25) is 0 Å². The molecule has 206 valence electrons. The maximum atomic E-state index is 15.2. The highest BCUT2D eigenvalue weighted by atomic mass is 19.4. The van der Waals surface area contributed by atoms with Gasteiger partial charge in [0.05, 0.1) is 18.6 Å². The summed E-state index contributed by atoms with van der Waals surface area (Å²) in [5, 5.41) is 22.1. The SMILES string of the molecule is CCN(CC1CCC(C(F)(F)F)CC1)c1ncnc(NCC[C@H](O)CN(CCCO)CC(N)=O)c1F. The molecule has 5 N–H and O–H groups in total. The molecule has 2 rings (SSSR count). The predicted molar refractivity (Wildman–Crippen MR) is 128 cm³/mol. The molecule has 1 atom stereocenters. The van der Waals surface area contributed by atoms with Gasteiger partial charge in [-0.3, -0.25) is 9.69 Å². The number of halogens is 4. The molecule has 0 aliphatic heterocycles. The Kier molecular flexibility index (Phi) is 12.1. The molecule has 0 spiro atoms. The maximum absolute atomic E-state index is 15.2. The Morgan fingerprint density at radius 2 is 1.97 bits per heavy atom. The normalized spacial score (nSPS) is 19.3. The van der Waals surface area contributed by atoms with Crippen LogP contribution in [0.5, 0.6) is 0 Å². The van der Waals surface area contributed by atoms with E-state index in [0.29, 0.717) is 38.9 Å². The van der Waals surface area contributed by atoms with Crippen molar-refractivity contribution < 1.29 is 32.6 Å². The Hall–Kier alpha value is -2.25.